The van der Waals surface area contributed by atoms with E-state index in [4.69, 9.17) is 0 Å². The van der Waals surface area contributed by atoms with Crippen molar-refractivity contribution < 1.29 is 20.1 Å². The minimum Gasteiger partial charge on any atom is -0.506 e. The molecule has 1 rings (SSSR count). The van der Waals surface area contributed by atoms with Crippen molar-refractivity contribution in [1.82, 2.24) is 0 Å². The number of carbonyl (C=O) groups excluding carboxylic acids is 1. The number of carbonyl (C=O) groups is 1. The van der Waals surface area contributed by atoms with Gasteiger partial charge in [0.2, 0.25) is 0 Å². The van der Waals surface area contributed by atoms with Crippen LogP contribution in [0.1, 0.15) is 10.4 Å². The summed E-state index contributed by atoms with van der Waals surface area (Å²) >= 11 is 5.84. The fourth-order valence-corrected chi connectivity index (χ4v) is 1.56. The Labute approximate surface area is 90.1 Å². The summed E-state index contributed by atoms with van der Waals surface area (Å²) in [5, 5.41) is 27.7. The van der Waals surface area contributed by atoms with Crippen LogP contribution in [0.15, 0.2) is 8.95 Å². The maximum Gasteiger partial charge on any atom is 0.174 e. The zero-order chi connectivity index (χ0) is 10.2. The fourth-order valence-electron chi connectivity index (χ4n) is 0.781. The zero-order valence-electron chi connectivity index (χ0n) is 6.08. The average molecular weight is 312 g/mol. The summed E-state index contributed by atoms with van der Waals surface area (Å²) in [7, 11) is 0. The Morgan fingerprint density at radius 3 is 1.85 bits per heavy atom. The highest BCUT2D eigenvalue weighted by Gasteiger charge is 2.19. The first-order chi connectivity index (χ1) is 6.00. The predicted molar refractivity (Wildman–Crippen MR) is 52.2 cm³/mol. The lowest BCUT2D eigenvalue weighted by molar-refractivity contribution is 0.111. The summed E-state index contributed by atoms with van der Waals surface area (Å²) in [6.07, 6.45) is 0.252. The van der Waals surface area contributed by atoms with Crippen LogP contribution >= 0.6 is 31.9 Å². The van der Waals surface area contributed by atoms with Gasteiger partial charge in [0.25, 0.3) is 0 Å². The first-order valence-corrected chi connectivity index (χ1v) is 4.66. The highest BCUT2D eigenvalue weighted by atomic mass is 79.9. The number of phenolic OH excluding ortho intramolecular Hbond substituents is 3. The molecule has 0 unspecified atom stereocenters. The molecule has 1 aromatic carbocycles. The monoisotopic (exact) mass is 310 g/mol. The highest BCUT2D eigenvalue weighted by molar-refractivity contribution is 9.13. The molecule has 0 aromatic heterocycles. The van der Waals surface area contributed by atoms with E-state index in [2.05, 4.69) is 31.9 Å². The third-order valence-electron chi connectivity index (χ3n) is 1.46. The summed E-state index contributed by atoms with van der Waals surface area (Å²) < 4.78 is 0.206. The van der Waals surface area contributed by atoms with Crippen LogP contribution in [0.2, 0.25) is 0 Å². The van der Waals surface area contributed by atoms with E-state index in [9.17, 15) is 20.1 Å². The zero-order valence-corrected chi connectivity index (χ0v) is 9.26. The van der Waals surface area contributed by atoms with Crippen molar-refractivity contribution in [2.75, 3.05) is 0 Å². The molecular formula is C7H4Br2O4. The Kier molecular flexibility index (Phi) is 2.82. The van der Waals surface area contributed by atoms with E-state index < -0.39 is 17.2 Å². The van der Waals surface area contributed by atoms with Gasteiger partial charge in [0.15, 0.2) is 17.8 Å². The molecule has 0 aliphatic rings. The Balaban J connectivity index is 3.66. The quantitative estimate of drug-likeness (QED) is 0.422. The molecule has 0 saturated carbocycles. The van der Waals surface area contributed by atoms with Crippen molar-refractivity contribution in [2.24, 2.45) is 0 Å². The number of benzene rings is 1. The molecule has 1 aromatic rings. The van der Waals surface area contributed by atoms with Gasteiger partial charge in [0, 0.05) is 0 Å². The molecule has 0 amide bonds. The lowest BCUT2D eigenvalue weighted by Gasteiger charge is -2.07. The first-order valence-electron chi connectivity index (χ1n) is 3.07. The van der Waals surface area contributed by atoms with Crippen molar-refractivity contribution in [3.05, 3.63) is 14.5 Å². The Morgan fingerprint density at radius 1 is 0.923 bits per heavy atom. The van der Waals surface area contributed by atoms with Crippen LogP contribution in [0.5, 0.6) is 17.2 Å². The number of hydrogen-bond donors (Lipinski definition) is 3. The molecule has 0 bridgehead atoms. The Hall–Kier alpha value is -0.750. The number of rotatable bonds is 1. The van der Waals surface area contributed by atoms with E-state index in [0.29, 0.717) is 0 Å². The average Bonchev–Trinajstić information content (AvgIpc) is 2.13. The molecule has 0 heterocycles. The van der Waals surface area contributed by atoms with E-state index in [1.165, 1.54) is 0 Å². The van der Waals surface area contributed by atoms with Gasteiger partial charge in [-0.25, -0.2) is 0 Å². The third kappa shape index (κ3) is 1.51. The first kappa shape index (κ1) is 10.3. The lowest BCUT2D eigenvalue weighted by atomic mass is 10.2. The van der Waals surface area contributed by atoms with Gasteiger partial charge in [-0.3, -0.25) is 4.79 Å². The molecule has 0 atom stereocenters. The number of aromatic hydroxyl groups is 3. The van der Waals surface area contributed by atoms with Crippen molar-refractivity contribution in [3.8, 4) is 17.2 Å². The Bertz CT molecular complexity index is 346. The smallest absolute Gasteiger partial charge is 0.174 e. The number of halogens is 2. The third-order valence-corrected chi connectivity index (χ3v) is 3.54. The number of phenols is 3. The minimum absolute atomic E-state index is 0.0908. The molecule has 0 radical (unpaired) electrons. The van der Waals surface area contributed by atoms with Gasteiger partial charge in [-0.05, 0) is 31.9 Å². The van der Waals surface area contributed by atoms with Gasteiger partial charge in [-0.1, -0.05) is 0 Å². The van der Waals surface area contributed by atoms with Gasteiger partial charge in [0.1, 0.15) is 11.3 Å². The van der Waals surface area contributed by atoms with E-state index in [0.717, 1.165) is 0 Å². The van der Waals surface area contributed by atoms with Gasteiger partial charge in [0.05, 0.1) is 8.95 Å². The van der Waals surface area contributed by atoms with E-state index in [-0.39, 0.29) is 20.8 Å². The molecule has 0 spiro atoms. The molecule has 6 heteroatoms. The number of aldehydes is 1. The topological polar surface area (TPSA) is 77.8 Å². The van der Waals surface area contributed by atoms with Crippen molar-refractivity contribution in [2.45, 2.75) is 0 Å². The maximum atomic E-state index is 10.4. The van der Waals surface area contributed by atoms with Crippen LogP contribution in [0.4, 0.5) is 0 Å². The van der Waals surface area contributed by atoms with Crippen molar-refractivity contribution >= 4 is 38.1 Å². The summed E-state index contributed by atoms with van der Waals surface area (Å²) in [5.41, 5.74) is -0.354. The maximum absolute atomic E-state index is 10.4. The van der Waals surface area contributed by atoms with Crippen LogP contribution < -0.4 is 0 Å². The Morgan fingerprint density at radius 2 is 1.38 bits per heavy atom. The molecular weight excluding hydrogens is 308 g/mol. The van der Waals surface area contributed by atoms with Crippen LogP contribution in [-0.2, 0) is 0 Å². The predicted octanol–water partition coefficient (Wildman–Crippen LogP) is 2.14. The summed E-state index contributed by atoms with van der Waals surface area (Å²) in [4.78, 5) is 10.4. The van der Waals surface area contributed by atoms with Gasteiger partial charge >= 0.3 is 0 Å². The summed E-state index contributed by atoms with van der Waals surface area (Å²) in [6.45, 7) is 0. The standard InChI is InChI=1S/C7H4Br2O4/c8-3-4(9)7(13)6(12)2(1-10)5(3)11/h1,11-13H. The summed E-state index contributed by atoms with van der Waals surface area (Å²) in [5.74, 6) is -1.56. The molecule has 3 N–H and O–H groups in total. The molecule has 70 valence electrons. The second-order valence-electron chi connectivity index (χ2n) is 2.21. The second-order valence-corrected chi connectivity index (χ2v) is 3.79. The van der Waals surface area contributed by atoms with E-state index >= 15 is 0 Å². The normalized spacial score (nSPS) is 10.0. The van der Waals surface area contributed by atoms with Gasteiger partial charge in [-0.2, -0.15) is 0 Å². The van der Waals surface area contributed by atoms with Gasteiger partial charge in [-0.15, -0.1) is 0 Å². The highest BCUT2D eigenvalue weighted by Crippen LogP contribution is 2.46. The fraction of sp³-hybridized carbons (Fsp3) is 0. The van der Waals surface area contributed by atoms with E-state index in [1.54, 1.807) is 0 Å². The molecule has 13 heavy (non-hydrogen) atoms. The van der Waals surface area contributed by atoms with E-state index in [1.807, 2.05) is 0 Å². The SMILES string of the molecule is O=Cc1c(O)c(O)c(Br)c(Br)c1O. The molecule has 0 aliphatic carbocycles. The van der Waals surface area contributed by atoms with Crippen LogP contribution in [0.25, 0.3) is 0 Å². The molecule has 0 saturated heterocycles. The van der Waals surface area contributed by atoms with Gasteiger partial charge < -0.3 is 15.3 Å². The van der Waals surface area contributed by atoms with Crippen molar-refractivity contribution in [3.63, 3.8) is 0 Å². The molecule has 0 aliphatic heterocycles. The molecule has 4 nitrogen and oxygen atoms in total. The van der Waals surface area contributed by atoms with Crippen molar-refractivity contribution in [1.29, 1.82) is 0 Å². The lowest BCUT2D eigenvalue weighted by Crippen LogP contribution is -1.86. The van der Waals surface area contributed by atoms with Crippen LogP contribution in [0.3, 0.4) is 0 Å². The van der Waals surface area contributed by atoms with Crippen LogP contribution in [-0.4, -0.2) is 21.6 Å². The minimum atomic E-state index is -0.650. The second kappa shape index (κ2) is 3.55. The van der Waals surface area contributed by atoms with Crippen LogP contribution in [0, 0.1) is 0 Å². The molecule has 0 fully saturated rings. The summed E-state index contributed by atoms with van der Waals surface area (Å²) in [6, 6.07) is 0. The largest absolute Gasteiger partial charge is 0.506 e. The number of hydrogen-bond acceptors (Lipinski definition) is 4.